The summed E-state index contributed by atoms with van der Waals surface area (Å²) in [6.07, 6.45) is 2.10. The molecule has 0 fully saturated rings. The van der Waals surface area contributed by atoms with Crippen LogP contribution in [-0.2, 0) is 6.54 Å². The van der Waals surface area contributed by atoms with E-state index in [2.05, 4.69) is 41.9 Å². The molecule has 1 heterocycles. The van der Waals surface area contributed by atoms with Crippen molar-refractivity contribution in [3.8, 4) is 0 Å². The zero-order chi connectivity index (χ0) is 10.8. The number of hydrogen-bond donors (Lipinski definition) is 0. The molecular weight excluding hydrogens is 208 g/mol. The Labute approximate surface area is 95.1 Å². The SMILES string of the molecule is CN(C)CCn1ccc2cccc(Cl)c21. The first-order valence-corrected chi connectivity index (χ1v) is 5.44. The predicted octanol–water partition coefficient (Wildman–Crippen LogP) is 2.86. The molecule has 0 bridgehead atoms. The number of likely N-dealkylation sites (N-methyl/N-ethyl adjacent to an activating group) is 1. The number of halogens is 1. The zero-order valence-electron chi connectivity index (χ0n) is 9.07. The monoisotopic (exact) mass is 222 g/mol. The van der Waals surface area contributed by atoms with Gasteiger partial charge in [0, 0.05) is 24.7 Å². The Kier molecular flexibility index (Phi) is 2.98. The second-order valence-corrected chi connectivity index (χ2v) is 4.40. The summed E-state index contributed by atoms with van der Waals surface area (Å²) in [6, 6.07) is 8.13. The molecule has 3 heteroatoms. The molecule has 0 spiro atoms. The van der Waals surface area contributed by atoms with Crippen LogP contribution < -0.4 is 0 Å². The van der Waals surface area contributed by atoms with Gasteiger partial charge in [0.15, 0.2) is 0 Å². The Morgan fingerprint density at radius 3 is 2.80 bits per heavy atom. The molecule has 0 amide bonds. The van der Waals surface area contributed by atoms with Crippen molar-refractivity contribution in [3.05, 3.63) is 35.5 Å². The Bertz CT molecular complexity index is 460. The quantitative estimate of drug-likeness (QED) is 0.776. The van der Waals surface area contributed by atoms with Crippen molar-refractivity contribution in [1.29, 1.82) is 0 Å². The molecule has 15 heavy (non-hydrogen) atoms. The molecule has 0 atom stereocenters. The van der Waals surface area contributed by atoms with E-state index in [9.17, 15) is 0 Å². The van der Waals surface area contributed by atoms with Gasteiger partial charge in [-0.1, -0.05) is 23.7 Å². The maximum Gasteiger partial charge on any atom is 0.0670 e. The lowest BCUT2D eigenvalue weighted by Crippen LogP contribution is -2.17. The summed E-state index contributed by atoms with van der Waals surface area (Å²) in [5, 5.41) is 2.04. The highest BCUT2D eigenvalue weighted by Crippen LogP contribution is 2.24. The van der Waals surface area contributed by atoms with E-state index in [1.807, 2.05) is 12.1 Å². The van der Waals surface area contributed by atoms with Gasteiger partial charge >= 0.3 is 0 Å². The third-order valence-corrected chi connectivity index (χ3v) is 2.83. The number of aromatic nitrogens is 1. The van der Waals surface area contributed by atoms with Gasteiger partial charge in [-0.25, -0.2) is 0 Å². The van der Waals surface area contributed by atoms with Gasteiger partial charge in [0.25, 0.3) is 0 Å². The predicted molar refractivity (Wildman–Crippen MR) is 65.5 cm³/mol. The lowest BCUT2D eigenvalue weighted by molar-refractivity contribution is 0.387. The van der Waals surface area contributed by atoms with Crippen molar-refractivity contribution in [1.82, 2.24) is 9.47 Å². The van der Waals surface area contributed by atoms with E-state index in [0.29, 0.717) is 0 Å². The van der Waals surface area contributed by atoms with E-state index in [0.717, 1.165) is 23.6 Å². The standard InChI is InChI=1S/C12H15ClN2/c1-14(2)8-9-15-7-6-10-4-3-5-11(13)12(10)15/h3-7H,8-9H2,1-2H3. The van der Waals surface area contributed by atoms with E-state index < -0.39 is 0 Å². The lowest BCUT2D eigenvalue weighted by Gasteiger charge is -2.11. The van der Waals surface area contributed by atoms with Crippen molar-refractivity contribution in [2.45, 2.75) is 6.54 Å². The Balaban J connectivity index is 2.35. The molecule has 1 aromatic carbocycles. The second-order valence-electron chi connectivity index (χ2n) is 3.99. The second kappa shape index (κ2) is 4.25. The molecule has 2 aromatic rings. The summed E-state index contributed by atoms with van der Waals surface area (Å²) < 4.78 is 2.21. The van der Waals surface area contributed by atoms with Crippen LogP contribution >= 0.6 is 11.6 Å². The molecule has 2 nitrogen and oxygen atoms in total. The van der Waals surface area contributed by atoms with Gasteiger partial charge in [0.05, 0.1) is 10.5 Å². The minimum absolute atomic E-state index is 0.830. The first-order chi connectivity index (χ1) is 7.18. The Morgan fingerprint density at radius 2 is 2.07 bits per heavy atom. The average molecular weight is 223 g/mol. The third kappa shape index (κ3) is 2.16. The van der Waals surface area contributed by atoms with Crippen molar-refractivity contribution in [3.63, 3.8) is 0 Å². The number of hydrogen-bond acceptors (Lipinski definition) is 1. The average Bonchev–Trinajstić information content (AvgIpc) is 2.59. The van der Waals surface area contributed by atoms with Crippen molar-refractivity contribution in [2.75, 3.05) is 20.6 Å². The van der Waals surface area contributed by atoms with Crippen molar-refractivity contribution in [2.24, 2.45) is 0 Å². The van der Waals surface area contributed by atoms with Gasteiger partial charge in [-0.05, 0) is 26.2 Å². The molecule has 80 valence electrons. The van der Waals surface area contributed by atoms with Crippen LogP contribution in [0.4, 0.5) is 0 Å². The Hall–Kier alpha value is -0.990. The molecule has 2 rings (SSSR count). The molecule has 0 N–H and O–H groups in total. The van der Waals surface area contributed by atoms with Crippen LogP contribution in [0.3, 0.4) is 0 Å². The number of para-hydroxylation sites is 1. The van der Waals surface area contributed by atoms with E-state index in [1.165, 1.54) is 5.39 Å². The van der Waals surface area contributed by atoms with Gasteiger partial charge in [0.1, 0.15) is 0 Å². The van der Waals surface area contributed by atoms with Gasteiger partial charge in [-0.15, -0.1) is 0 Å². The van der Waals surface area contributed by atoms with Gasteiger partial charge in [0.2, 0.25) is 0 Å². The van der Waals surface area contributed by atoms with E-state index in [4.69, 9.17) is 11.6 Å². The van der Waals surface area contributed by atoms with Crippen LogP contribution in [0.2, 0.25) is 5.02 Å². The summed E-state index contributed by atoms with van der Waals surface area (Å²) in [6.45, 7) is 2.00. The molecule has 0 aliphatic rings. The largest absolute Gasteiger partial charge is 0.345 e. The normalized spacial score (nSPS) is 11.5. The fraction of sp³-hybridized carbons (Fsp3) is 0.333. The van der Waals surface area contributed by atoms with Crippen molar-refractivity contribution >= 4 is 22.5 Å². The maximum atomic E-state index is 6.18. The number of benzene rings is 1. The number of rotatable bonds is 3. The lowest BCUT2D eigenvalue weighted by atomic mass is 10.2. The van der Waals surface area contributed by atoms with Crippen LogP contribution in [0.5, 0.6) is 0 Å². The van der Waals surface area contributed by atoms with Crippen LogP contribution in [0.15, 0.2) is 30.5 Å². The van der Waals surface area contributed by atoms with E-state index >= 15 is 0 Å². The van der Waals surface area contributed by atoms with Gasteiger partial charge in [-0.3, -0.25) is 0 Å². The fourth-order valence-corrected chi connectivity index (χ4v) is 2.00. The topological polar surface area (TPSA) is 8.17 Å². The first-order valence-electron chi connectivity index (χ1n) is 5.06. The summed E-state index contributed by atoms with van der Waals surface area (Å²) in [4.78, 5) is 2.17. The van der Waals surface area contributed by atoms with E-state index in [1.54, 1.807) is 0 Å². The summed E-state index contributed by atoms with van der Waals surface area (Å²) in [5.74, 6) is 0. The van der Waals surface area contributed by atoms with Gasteiger partial charge < -0.3 is 9.47 Å². The van der Waals surface area contributed by atoms with Crippen LogP contribution in [0.1, 0.15) is 0 Å². The highest BCUT2D eigenvalue weighted by molar-refractivity contribution is 6.35. The van der Waals surface area contributed by atoms with E-state index in [-0.39, 0.29) is 0 Å². The third-order valence-electron chi connectivity index (χ3n) is 2.53. The van der Waals surface area contributed by atoms with Crippen LogP contribution in [-0.4, -0.2) is 30.1 Å². The molecule has 0 saturated heterocycles. The molecule has 0 radical (unpaired) electrons. The summed E-state index contributed by atoms with van der Waals surface area (Å²) >= 11 is 6.18. The molecular formula is C12H15ClN2. The number of fused-ring (bicyclic) bond motifs is 1. The fourth-order valence-electron chi connectivity index (χ4n) is 1.71. The first kappa shape index (κ1) is 10.5. The molecule has 0 unspecified atom stereocenters. The zero-order valence-corrected chi connectivity index (χ0v) is 9.83. The smallest absolute Gasteiger partial charge is 0.0670 e. The molecule has 0 aliphatic heterocycles. The number of nitrogens with zero attached hydrogens (tertiary/aromatic N) is 2. The molecule has 1 aromatic heterocycles. The minimum atomic E-state index is 0.830. The van der Waals surface area contributed by atoms with Crippen LogP contribution in [0, 0.1) is 0 Å². The summed E-state index contributed by atoms with van der Waals surface area (Å²) in [7, 11) is 4.15. The maximum absolute atomic E-state index is 6.18. The molecule has 0 aliphatic carbocycles. The highest BCUT2D eigenvalue weighted by Gasteiger charge is 2.04. The molecule has 0 saturated carbocycles. The Morgan fingerprint density at radius 1 is 1.27 bits per heavy atom. The summed E-state index contributed by atoms with van der Waals surface area (Å²) in [5.41, 5.74) is 1.14. The highest BCUT2D eigenvalue weighted by atomic mass is 35.5. The van der Waals surface area contributed by atoms with Crippen molar-refractivity contribution < 1.29 is 0 Å². The minimum Gasteiger partial charge on any atom is -0.345 e. The van der Waals surface area contributed by atoms with Crippen LogP contribution in [0.25, 0.3) is 10.9 Å². The van der Waals surface area contributed by atoms with Gasteiger partial charge in [-0.2, -0.15) is 0 Å².